The lowest BCUT2D eigenvalue weighted by Gasteiger charge is -2.05. The smallest absolute Gasteiger partial charge is 0.126 e. The molecule has 3 aromatic rings. The minimum atomic E-state index is 0.700. The summed E-state index contributed by atoms with van der Waals surface area (Å²) in [6.07, 6.45) is 1.74. The highest BCUT2D eigenvalue weighted by Crippen LogP contribution is 2.14. The number of aromatic amines is 1. The molecule has 0 aliphatic heterocycles. The van der Waals surface area contributed by atoms with Crippen LogP contribution < -0.4 is 5.32 Å². The second-order valence-corrected chi connectivity index (χ2v) is 3.82. The van der Waals surface area contributed by atoms with E-state index in [0.29, 0.717) is 6.54 Å². The van der Waals surface area contributed by atoms with Gasteiger partial charge in [0.05, 0.1) is 17.8 Å². The van der Waals surface area contributed by atoms with E-state index in [9.17, 15) is 0 Å². The highest BCUT2D eigenvalue weighted by Gasteiger charge is 1.98. The molecule has 17 heavy (non-hydrogen) atoms. The summed E-state index contributed by atoms with van der Waals surface area (Å²) in [7, 11) is 0. The predicted molar refractivity (Wildman–Crippen MR) is 67.7 cm³/mol. The Hall–Kier alpha value is -2.36. The van der Waals surface area contributed by atoms with E-state index in [2.05, 4.69) is 32.6 Å². The van der Waals surface area contributed by atoms with Gasteiger partial charge in [0, 0.05) is 11.6 Å². The third kappa shape index (κ3) is 2.10. The zero-order chi connectivity index (χ0) is 11.5. The molecule has 3 rings (SSSR count). The molecule has 2 N–H and O–H groups in total. The Bertz CT molecular complexity index is 616. The number of H-pyrrole nitrogens is 1. The molecular formula is C13H12N4. The van der Waals surface area contributed by atoms with Gasteiger partial charge in [-0.2, -0.15) is 5.10 Å². The van der Waals surface area contributed by atoms with Crippen LogP contribution in [0, 0.1) is 0 Å². The number of nitrogens with zero attached hydrogens (tertiary/aromatic N) is 2. The molecule has 0 saturated carbocycles. The predicted octanol–water partition coefficient (Wildman–Crippen LogP) is 2.57. The van der Waals surface area contributed by atoms with Gasteiger partial charge in [0.25, 0.3) is 0 Å². The van der Waals surface area contributed by atoms with Crippen molar-refractivity contribution in [3.63, 3.8) is 0 Å². The van der Waals surface area contributed by atoms with Crippen molar-refractivity contribution in [2.45, 2.75) is 6.54 Å². The van der Waals surface area contributed by atoms with Crippen LogP contribution in [0.1, 0.15) is 5.69 Å². The lowest BCUT2D eigenvalue weighted by atomic mass is 10.2. The molecule has 0 saturated heterocycles. The first-order valence-electron chi connectivity index (χ1n) is 5.50. The summed E-state index contributed by atoms with van der Waals surface area (Å²) in [6.45, 7) is 0.700. The van der Waals surface area contributed by atoms with Crippen molar-refractivity contribution in [3.8, 4) is 0 Å². The molecule has 0 spiro atoms. The van der Waals surface area contributed by atoms with Crippen molar-refractivity contribution in [1.29, 1.82) is 0 Å². The van der Waals surface area contributed by atoms with Crippen molar-refractivity contribution < 1.29 is 0 Å². The van der Waals surface area contributed by atoms with Gasteiger partial charge in [0.2, 0.25) is 0 Å². The van der Waals surface area contributed by atoms with Gasteiger partial charge < -0.3 is 5.32 Å². The van der Waals surface area contributed by atoms with E-state index in [0.717, 1.165) is 22.4 Å². The summed E-state index contributed by atoms with van der Waals surface area (Å²) in [5.41, 5.74) is 2.04. The highest BCUT2D eigenvalue weighted by atomic mass is 15.1. The first-order valence-corrected chi connectivity index (χ1v) is 5.50. The van der Waals surface area contributed by atoms with E-state index >= 15 is 0 Å². The molecule has 0 atom stereocenters. The maximum Gasteiger partial charge on any atom is 0.126 e. The summed E-state index contributed by atoms with van der Waals surface area (Å²) < 4.78 is 0. The summed E-state index contributed by atoms with van der Waals surface area (Å²) in [5, 5.41) is 11.2. The molecule has 4 nitrogen and oxygen atoms in total. The number of hydrogen-bond donors (Lipinski definition) is 2. The van der Waals surface area contributed by atoms with E-state index in [1.54, 1.807) is 6.20 Å². The average Bonchev–Trinajstić information content (AvgIpc) is 2.89. The SMILES string of the molecule is c1ccc2nc(NCc3ccn[nH]3)ccc2c1. The van der Waals surface area contributed by atoms with Crippen molar-refractivity contribution >= 4 is 16.7 Å². The standard InChI is InChI=1S/C13H12N4/c1-2-4-12-10(3-1)5-6-13(16-12)14-9-11-7-8-15-17-11/h1-8H,9H2,(H,14,16)(H,15,17). The fourth-order valence-electron chi connectivity index (χ4n) is 1.73. The van der Waals surface area contributed by atoms with Crippen molar-refractivity contribution in [1.82, 2.24) is 15.2 Å². The van der Waals surface area contributed by atoms with Gasteiger partial charge in [-0.3, -0.25) is 5.10 Å². The van der Waals surface area contributed by atoms with Crippen LogP contribution in [0.2, 0.25) is 0 Å². The average molecular weight is 224 g/mol. The molecule has 0 aliphatic rings. The number of anilines is 1. The van der Waals surface area contributed by atoms with Crippen molar-refractivity contribution in [3.05, 3.63) is 54.4 Å². The molecule has 0 fully saturated rings. The number of rotatable bonds is 3. The summed E-state index contributed by atoms with van der Waals surface area (Å²) in [6, 6.07) is 14.1. The number of hydrogen-bond acceptors (Lipinski definition) is 3. The Morgan fingerprint density at radius 2 is 2.00 bits per heavy atom. The molecule has 0 bridgehead atoms. The molecule has 2 aromatic heterocycles. The Labute approximate surface area is 98.7 Å². The first-order chi connectivity index (χ1) is 8.42. The van der Waals surface area contributed by atoms with E-state index in [-0.39, 0.29) is 0 Å². The fraction of sp³-hybridized carbons (Fsp3) is 0.0769. The molecule has 0 aliphatic carbocycles. The van der Waals surface area contributed by atoms with Crippen LogP contribution in [0.15, 0.2) is 48.7 Å². The Morgan fingerprint density at radius 1 is 1.06 bits per heavy atom. The molecule has 84 valence electrons. The van der Waals surface area contributed by atoms with Gasteiger partial charge >= 0.3 is 0 Å². The minimum Gasteiger partial charge on any atom is -0.364 e. The minimum absolute atomic E-state index is 0.700. The number of aromatic nitrogens is 3. The van der Waals surface area contributed by atoms with Gasteiger partial charge in [-0.25, -0.2) is 4.98 Å². The number of para-hydroxylation sites is 1. The highest BCUT2D eigenvalue weighted by molar-refractivity contribution is 5.79. The molecule has 0 amide bonds. The normalized spacial score (nSPS) is 10.6. The second kappa shape index (κ2) is 4.25. The van der Waals surface area contributed by atoms with Crippen LogP contribution in [-0.4, -0.2) is 15.2 Å². The Morgan fingerprint density at radius 3 is 2.88 bits per heavy atom. The second-order valence-electron chi connectivity index (χ2n) is 3.82. The van der Waals surface area contributed by atoms with Gasteiger partial charge in [0.15, 0.2) is 0 Å². The molecule has 2 heterocycles. The molecule has 1 aromatic carbocycles. The van der Waals surface area contributed by atoms with E-state index < -0.39 is 0 Å². The quantitative estimate of drug-likeness (QED) is 0.719. The Balaban J connectivity index is 1.81. The lowest BCUT2D eigenvalue weighted by molar-refractivity contribution is 0.976. The van der Waals surface area contributed by atoms with E-state index in [4.69, 9.17) is 0 Å². The maximum atomic E-state index is 4.53. The van der Waals surface area contributed by atoms with E-state index in [1.165, 1.54) is 0 Å². The molecule has 4 heteroatoms. The summed E-state index contributed by atoms with van der Waals surface area (Å²) in [4.78, 5) is 4.53. The monoisotopic (exact) mass is 224 g/mol. The van der Waals surface area contributed by atoms with Crippen LogP contribution in [0.4, 0.5) is 5.82 Å². The fourth-order valence-corrected chi connectivity index (χ4v) is 1.73. The molecular weight excluding hydrogens is 212 g/mol. The van der Waals surface area contributed by atoms with Crippen molar-refractivity contribution in [2.75, 3.05) is 5.32 Å². The van der Waals surface area contributed by atoms with E-state index in [1.807, 2.05) is 30.3 Å². The zero-order valence-corrected chi connectivity index (χ0v) is 9.22. The molecule has 0 radical (unpaired) electrons. The first kappa shape index (κ1) is 9.84. The van der Waals surface area contributed by atoms with Crippen molar-refractivity contribution in [2.24, 2.45) is 0 Å². The van der Waals surface area contributed by atoms with Crippen LogP contribution in [0.5, 0.6) is 0 Å². The van der Waals surface area contributed by atoms with Gasteiger partial charge in [-0.05, 0) is 24.3 Å². The van der Waals surface area contributed by atoms with Gasteiger partial charge in [-0.15, -0.1) is 0 Å². The van der Waals surface area contributed by atoms with Gasteiger partial charge in [0.1, 0.15) is 5.82 Å². The Kier molecular flexibility index (Phi) is 2.46. The molecule has 0 unspecified atom stereocenters. The van der Waals surface area contributed by atoms with Crippen LogP contribution in [0.3, 0.4) is 0 Å². The largest absolute Gasteiger partial charge is 0.364 e. The summed E-state index contributed by atoms with van der Waals surface area (Å²) in [5.74, 6) is 0.873. The number of pyridine rings is 1. The number of benzene rings is 1. The summed E-state index contributed by atoms with van der Waals surface area (Å²) >= 11 is 0. The third-order valence-corrected chi connectivity index (χ3v) is 2.62. The third-order valence-electron chi connectivity index (χ3n) is 2.62. The van der Waals surface area contributed by atoms with Crippen LogP contribution in [0.25, 0.3) is 10.9 Å². The topological polar surface area (TPSA) is 53.6 Å². The maximum absolute atomic E-state index is 4.53. The van der Waals surface area contributed by atoms with Crippen LogP contribution >= 0.6 is 0 Å². The zero-order valence-electron chi connectivity index (χ0n) is 9.22. The lowest BCUT2D eigenvalue weighted by Crippen LogP contribution is -2.01. The number of fused-ring (bicyclic) bond motifs is 1. The van der Waals surface area contributed by atoms with Crippen LogP contribution in [-0.2, 0) is 6.54 Å². The van der Waals surface area contributed by atoms with Gasteiger partial charge in [-0.1, -0.05) is 18.2 Å². The number of nitrogens with one attached hydrogen (secondary N) is 2.